The Labute approximate surface area is 111 Å². The van der Waals surface area contributed by atoms with Gasteiger partial charge in [0.15, 0.2) is 0 Å². The minimum atomic E-state index is -4.41. The quantitative estimate of drug-likeness (QED) is 0.900. The highest BCUT2D eigenvalue weighted by Gasteiger charge is 2.35. The lowest BCUT2D eigenvalue weighted by molar-refractivity contribution is -0.139. The van der Waals surface area contributed by atoms with Crippen LogP contribution >= 0.6 is 15.9 Å². The summed E-state index contributed by atoms with van der Waals surface area (Å²) in [5.41, 5.74) is 4.98. The zero-order valence-electron chi connectivity index (χ0n) is 9.51. The number of hydrogen-bond donors (Lipinski definition) is 1. The summed E-state index contributed by atoms with van der Waals surface area (Å²) in [6, 6.07) is 3.76. The average molecular weight is 324 g/mol. The van der Waals surface area contributed by atoms with Crippen LogP contribution in [0.5, 0.6) is 5.75 Å². The Morgan fingerprint density at radius 2 is 2.00 bits per heavy atom. The van der Waals surface area contributed by atoms with E-state index in [1.165, 1.54) is 12.1 Å². The molecule has 2 unspecified atom stereocenters. The van der Waals surface area contributed by atoms with E-state index in [1.54, 1.807) is 0 Å². The molecule has 1 saturated carbocycles. The van der Waals surface area contributed by atoms with Crippen molar-refractivity contribution in [1.29, 1.82) is 0 Å². The van der Waals surface area contributed by atoms with E-state index in [-0.39, 0.29) is 17.9 Å². The van der Waals surface area contributed by atoms with Gasteiger partial charge in [-0.2, -0.15) is 13.2 Å². The van der Waals surface area contributed by atoms with Gasteiger partial charge in [-0.3, -0.25) is 0 Å². The highest BCUT2D eigenvalue weighted by atomic mass is 79.9. The number of rotatable bonds is 2. The molecule has 0 heterocycles. The second-order valence-corrected chi connectivity index (χ2v) is 5.37. The van der Waals surface area contributed by atoms with Crippen LogP contribution in [0, 0.1) is 0 Å². The van der Waals surface area contributed by atoms with Crippen LogP contribution in [0.15, 0.2) is 22.7 Å². The van der Waals surface area contributed by atoms with Gasteiger partial charge in [0, 0.05) is 10.5 Å². The van der Waals surface area contributed by atoms with Crippen molar-refractivity contribution in [1.82, 2.24) is 0 Å². The molecule has 1 aliphatic carbocycles. The average Bonchev–Trinajstić information content (AvgIpc) is 2.62. The van der Waals surface area contributed by atoms with Gasteiger partial charge >= 0.3 is 6.18 Å². The normalized spacial score (nSPS) is 24.3. The molecule has 2 nitrogen and oxygen atoms in total. The fraction of sp³-hybridized carbons (Fsp3) is 0.500. The van der Waals surface area contributed by atoms with Crippen LogP contribution in [-0.4, -0.2) is 12.1 Å². The van der Waals surface area contributed by atoms with E-state index in [0.717, 1.165) is 12.5 Å². The minimum Gasteiger partial charge on any atom is -0.490 e. The van der Waals surface area contributed by atoms with E-state index in [0.29, 0.717) is 17.3 Å². The van der Waals surface area contributed by atoms with Crippen molar-refractivity contribution >= 4 is 15.9 Å². The van der Waals surface area contributed by atoms with Gasteiger partial charge in [0.1, 0.15) is 11.9 Å². The first kappa shape index (κ1) is 13.7. The second kappa shape index (κ2) is 5.09. The molecule has 6 heteroatoms. The van der Waals surface area contributed by atoms with Gasteiger partial charge in [-0.05, 0) is 37.5 Å². The van der Waals surface area contributed by atoms with Gasteiger partial charge in [0.2, 0.25) is 0 Å². The summed E-state index contributed by atoms with van der Waals surface area (Å²) in [6.45, 7) is 0. The Morgan fingerprint density at radius 1 is 1.28 bits per heavy atom. The van der Waals surface area contributed by atoms with Crippen LogP contribution in [-0.2, 0) is 6.18 Å². The molecule has 0 aliphatic heterocycles. The van der Waals surface area contributed by atoms with Crippen LogP contribution in [0.2, 0.25) is 0 Å². The van der Waals surface area contributed by atoms with E-state index in [4.69, 9.17) is 10.5 Å². The molecule has 1 fully saturated rings. The zero-order chi connectivity index (χ0) is 13.3. The fourth-order valence-corrected chi connectivity index (χ4v) is 2.43. The number of alkyl halides is 3. The Kier molecular flexibility index (Phi) is 3.87. The third-order valence-electron chi connectivity index (χ3n) is 2.97. The molecule has 2 rings (SSSR count). The van der Waals surface area contributed by atoms with E-state index in [2.05, 4.69) is 15.9 Å². The van der Waals surface area contributed by atoms with Crippen LogP contribution in [0.3, 0.4) is 0 Å². The molecule has 1 aliphatic rings. The molecular weight excluding hydrogens is 311 g/mol. The second-order valence-electron chi connectivity index (χ2n) is 4.45. The minimum absolute atomic E-state index is 0.0245. The highest BCUT2D eigenvalue weighted by molar-refractivity contribution is 9.10. The van der Waals surface area contributed by atoms with E-state index in [1.807, 2.05) is 0 Å². The smallest absolute Gasteiger partial charge is 0.419 e. The van der Waals surface area contributed by atoms with Gasteiger partial charge in [-0.25, -0.2) is 0 Å². The number of ether oxygens (including phenoxy) is 1. The van der Waals surface area contributed by atoms with Crippen molar-refractivity contribution in [3.8, 4) is 5.75 Å². The summed E-state index contributed by atoms with van der Waals surface area (Å²) < 4.78 is 44.4. The molecule has 18 heavy (non-hydrogen) atoms. The summed E-state index contributed by atoms with van der Waals surface area (Å²) in [7, 11) is 0. The van der Waals surface area contributed by atoms with Crippen LogP contribution in [0.4, 0.5) is 13.2 Å². The summed E-state index contributed by atoms with van der Waals surface area (Å²) >= 11 is 3.15. The van der Waals surface area contributed by atoms with Crippen LogP contribution in [0.1, 0.15) is 24.8 Å². The molecule has 1 aromatic rings. The van der Waals surface area contributed by atoms with Gasteiger partial charge in [0.05, 0.1) is 5.56 Å². The monoisotopic (exact) mass is 323 g/mol. The van der Waals surface area contributed by atoms with Gasteiger partial charge in [-0.15, -0.1) is 0 Å². The molecule has 0 aromatic heterocycles. The molecule has 0 bridgehead atoms. The van der Waals surface area contributed by atoms with Crippen molar-refractivity contribution in [3.05, 3.63) is 28.2 Å². The number of halogens is 4. The van der Waals surface area contributed by atoms with Crippen molar-refractivity contribution in [2.45, 2.75) is 37.6 Å². The van der Waals surface area contributed by atoms with E-state index in [9.17, 15) is 13.2 Å². The van der Waals surface area contributed by atoms with Gasteiger partial charge in [-0.1, -0.05) is 15.9 Å². The van der Waals surface area contributed by atoms with Gasteiger partial charge in [0.25, 0.3) is 0 Å². The predicted octanol–water partition coefficient (Wildman–Crippen LogP) is 3.73. The maximum absolute atomic E-state index is 12.8. The lowest BCUT2D eigenvalue weighted by Gasteiger charge is -2.18. The molecule has 1 aromatic carbocycles. The Bertz CT molecular complexity index is 436. The fourth-order valence-electron chi connectivity index (χ4n) is 2.09. The molecule has 2 N–H and O–H groups in total. The van der Waals surface area contributed by atoms with E-state index < -0.39 is 11.7 Å². The first-order chi connectivity index (χ1) is 8.36. The third-order valence-corrected chi connectivity index (χ3v) is 3.46. The lowest BCUT2D eigenvalue weighted by Crippen LogP contribution is -2.20. The molecule has 0 radical (unpaired) electrons. The first-order valence-electron chi connectivity index (χ1n) is 5.65. The highest BCUT2D eigenvalue weighted by Crippen LogP contribution is 2.39. The topological polar surface area (TPSA) is 35.2 Å². The van der Waals surface area contributed by atoms with Crippen LogP contribution < -0.4 is 10.5 Å². The predicted molar refractivity (Wildman–Crippen MR) is 65.4 cm³/mol. The number of benzene rings is 1. The maximum Gasteiger partial charge on any atom is 0.419 e. The molecule has 2 atom stereocenters. The summed E-state index contributed by atoms with van der Waals surface area (Å²) in [4.78, 5) is 0. The number of nitrogens with two attached hydrogens (primary N) is 1. The van der Waals surface area contributed by atoms with Crippen molar-refractivity contribution in [3.63, 3.8) is 0 Å². The maximum atomic E-state index is 12.8. The first-order valence-corrected chi connectivity index (χ1v) is 6.44. The Morgan fingerprint density at radius 3 is 2.56 bits per heavy atom. The van der Waals surface area contributed by atoms with Crippen molar-refractivity contribution < 1.29 is 17.9 Å². The molecule has 0 amide bonds. The van der Waals surface area contributed by atoms with Crippen LogP contribution in [0.25, 0.3) is 0 Å². The van der Waals surface area contributed by atoms with Crippen molar-refractivity contribution in [2.24, 2.45) is 5.73 Å². The molecule has 0 spiro atoms. The third kappa shape index (κ3) is 3.17. The standard InChI is InChI=1S/C12H13BrF3NO/c13-7-1-4-10(12(14,15)16)11(5-7)18-9-3-2-8(17)6-9/h1,4-5,8-9H,2-3,6,17H2. The Hall–Kier alpha value is -0.750. The molecular formula is C12H13BrF3NO. The lowest BCUT2D eigenvalue weighted by atomic mass is 10.2. The summed E-state index contributed by atoms with van der Waals surface area (Å²) in [5, 5.41) is 0. The Balaban J connectivity index is 2.23. The zero-order valence-corrected chi connectivity index (χ0v) is 11.1. The van der Waals surface area contributed by atoms with E-state index >= 15 is 0 Å². The largest absolute Gasteiger partial charge is 0.490 e. The molecule has 0 saturated heterocycles. The molecule has 100 valence electrons. The summed E-state index contributed by atoms with van der Waals surface area (Å²) in [5.74, 6) is -0.129. The van der Waals surface area contributed by atoms with Gasteiger partial charge < -0.3 is 10.5 Å². The summed E-state index contributed by atoms with van der Waals surface area (Å²) in [6.07, 6.45) is -2.54. The SMILES string of the molecule is NC1CCC(Oc2cc(Br)ccc2C(F)(F)F)C1. The van der Waals surface area contributed by atoms with Crippen molar-refractivity contribution in [2.75, 3.05) is 0 Å². The number of hydrogen-bond acceptors (Lipinski definition) is 2.